The molecular weight excluding hydrogens is 635 g/mol. The Labute approximate surface area is 280 Å². The van der Waals surface area contributed by atoms with Crippen LogP contribution in [0.4, 0.5) is 27.5 Å². The first kappa shape index (κ1) is 32.5. The Balaban J connectivity index is 1.12. The molecule has 49 heavy (non-hydrogen) atoms. The number of nitrogen functional groups attached to an aromatic ring is 1. The van der Waals surface area contributed by atoms with Gasteiger partial charge in [0.25, 0.3) is 11.8 Å². The van der Waals surface area contributed by atoms with E-state index in [2.05, 4.69) is 30.4 Å². The molecule has 5 heterocycles. The maximum Gasteiger partial charge on any atom is 0.287 e. The average molecular weight is 673 g/mol. The third-order valence-corrected chi connectivity index (χ3v) is 8.55. The summed E-state index contributed by atoms with van der Waals surface area (Å²) in [6.07, 6.45) is 1.01. The van der Waals surface area contributed by atoms with Crippen LogP contribution in [0.2, 0.25) is 0 Å². The van der Waals surface area contributed by atoms with Crippen LogP contribution < -0.4 is 21.3 Å². The number of carbonyl (C=O) groups excluding carboxylic acids is 2. The number of anilines is 4. The van der Waals surface area contributed by atoms with Crippen LogP contribution in [-0.4, -0.2) is 110 Å². The summed E-state index contributed by atoms with van der Waals surface area (Å²) in [7, 11) is 0. The highest BCUT2D eigenvalue weighted by molar-refractivity contribution is 5.99. The molecule has 4 N–H and O–H groups in total. The Morgan fingerprint density at radius 2 is 1.27 bits per heavy atom. The van der Waals surface area contributed by atoms with Crippen LogP contribution in [0.25, 0.3) is 21.9 Å². The van der Waals surface area contributed by atoms with Gasteiger partial charge in [0.2, 0.25) is 5.95 Å². The van der Waals surface area contributed by atoms with Crippen molar-refractivity contribution in [2.75, 3.05) is 89.4 Å². The topological polar surface area (TPSA) is 164 Å². The molecule has 2 aliphatic rings. The number of hydrogen-bond donors (Lipinski definition) is 3. The van der Waals surface area contributed by atoms with Gasteiger partial charge in [0.1, 0.15) is 11.2 Å². The lowest BCUT2D eigenvalue weighted by Gasteiger charge is -2.26. The number of benzene rings is 2. The lowest BCUT2D eigenvalue weighted by atomic mass is 10.1. The fourth-order valence-electron chi connectivity index (χ4n) is 5.96. The number of amides is 2. The van der Waals surface area contributed by atoms with Crippen molar-refractivity contribution in [3.05, 3.63) is 72.1 Å². The van der Waals surface area contributed by atoms with E-state index in [0.29, 0.717) is 85.9 Å². The fourth-order valence-corrected chi connectivity index (χ4v) is 5.96. The van der Waals surface area contributed by atoms with Crippen molar-refractivity contribution >= 4 is 56.9 Å². The summed E-state index contributed by atoms with van der Waals surface area (Å²) >= 11 is 0. The van der Waals surface area contributed by atoms with Crippen molar-refractivity contribution in [3.63, 3.8) is 0 Å². The third-order valence-electron chi connectivity index (χ3n) is 8.55. The van der Waals surface area contributed by atoms with E-state index in [1.807, 2.05) is 0 Å². The van der Waals surface area contributed by atoms with Gasteiger partial charge in [-0.25, -0.2) is 9.37 Å². The predicted octanol–water partition coefficient (Wildman–Crippen LogP) is 3.28. The van der Waals surface area contributed by atoms with Gasteiger partial charge in [0, 0.05) is 74.5 Å². The molecule has 0 unspecified atom stereocenters. The number of nitrogens with two attached hydrogens (primary N) is 1. The quantitative estimate of drug-likeness (QED) is 0.188. The number of fused-ring (bicyclic) bond motifs is 2. The summed E-state index contributed by atoms with van der Waals surface area (Å²) in [5, 5.41) is 7.08. The molecule has 7 rings (SSSR count). The minimum atomic E-state index is -0.700. The van der Waals surface area contributed by atoms with Gasteiger partial charge in [0.15, 0.2) is 23.2 Å². The fraction of sp³-hybridized carbons (Fsp3) is 0.353. The molecule has 0 spiro atoms. The number of nitrogens with one attached hydrogen (secondary N) is 2. The van der Waals surface area contributed by atoms with Crippen molar-refractivity contribution in [2.24, 2.45) is 0 Å². The van der Waals surface area contributed by atoms with Gasteiger partial charge in [-0.15, -0.1) is 0 Å². The van der Waals surface area contributed by atoms with Crippen molar-refractivity contribution in [3.8, 4) is 0 Å². The predicted molar refractivity (Wildman–Crippen MR) is 180 cm³/mol. The van der Waals surface area contributed by atoms with Gasteiger partial charge in [-0.2, -0.15) is 4.98 Å². The molecule has 0 saturated carbocycles. The average Bonchev–Trinajstić information content (AvgIpc) is 3.75. The number of halogens is 1. The van der Waals surface area contributed by atoms with Crippen LogP contribution in [-0.2, 0) is 9.47 Å². The van der Waals surface area contributed by atoms with Crippen molar-refractivity contribution in [1.29, 1.82) is 0 Å². The lowest BCUT2D eigenvalue weighted by molar-refractivity contribution is 0.0381. The smallest absolute Gasteiger partial charge is 0.287 e. The summed E-state index contributed by atoms with van der Waals surface area (Å²) in [5.74, 6) is -1.23. The van der Waals surface area contributed by atoms with Crippen molar-refractivity contribution in [1.82, 2.24) is 30.4 Å². The molecule has 14 nitrogen and oxygen atoms in total. The second-order valence-corrected chi connectivity index (χ2v) is 11.8. The molecule has 256 valence electrons. The zero-order valence-corrected chi connectivity index (χ0v) is 26.8. The van der Waals surface area contributed by atoms with Crippen LogP contribution in [0.3, 0.4) is 0 Å². The standard InChI is InChI=1S/C34H37FN8O6/c35-26-21-39-34(36)40-31(26)43(24-1-3-27-22(17-24)19-29(48-27)32(44)37-5-7-41-9-13-46-14-10-41)25-2-4-28-23(18-25)20-30(49-28)33(45)38-6-8-42-11-15-47-16-12-42/h1-4,17-21H,5-16H2,(H,37,44)(H,38,45)(H2,36,39,40). The summed E-state index contributed by atoms with van der Waals surface area (Å²) in [6, 6.07) is 13.7. The summed E-state index contributed by atoms with van der Waals surface area (Å²) in [4.78, 5) is 39.9. The van der Waals surface area contributed by atoms with E-state index in [0.717, 1.165) is 32.4 Å². The summed E-state index contributed by atoms with van der Waals surface area (Å²) in [5.41, 5.74) is 7.91. The number of rotatable bonds is 11. The first-order valence-corrected chi connectivity index (χ1v) is 16.2. The highest BCUT2D eigenvalue weighted by atomic mass is 19.1. The molecule has 5 aromatic rings. The Morgan fingerprint density at radius 1 is 0.776 bits per heavy atom. The number of aromatic nitrogens is 2. The molecule has 0 bridgehead atoms. The van der Waals surface area contributed by atoms with E-state index in [4.69, 9.17) is 24.0 Å². The Bertz CT molecular complexity index is 1840. The highest BCUT2D eigenvalue weighted by Crippen LogP contribution is 2.38. The molecule has 2 fully saturated rings. The number of hydrogen-bond acceptors (Lipinski definition) is 12. The largest absolute Gasteiger partial charge is 0.451 e. The molecule has 0 atom stereocenters. The van der Waals surface area contributed by atoms with E-state index >= 15 is 4.39 Å². The first-order chi connectivity index (χ1) is 23.9. The van der Waals surface area contributed by atoms with Gasteiger partial charge < -0.3 is 34.7 Å². The lowest BCUT2D eigenvalue weighted by Crippen LogP contribution is -2.41. The minimum Gasteiger partial charge on any atom is -0.451 e. The van der Waals surface area contributed by atoms with Crippen LogP contribution >= 0.6 is 0 Å². The van der Waals surface area contributed by atoms with Crippen molar-refractivity contribution < 1.29 is 32.3 Å². The first-order valence-electron chi connectivity index (χ1n) is 16.2. The number of furan rings is 2. The monoisotopic (exact) mass is 672 g/mol. The van der Waals surface area contributed by atoms with E-state index in [-0.39, 0.29) is 35.1 Å². The second-order valence-electron chi connectivity index (χ2n) is 11.8. The van der Waals surface area contributed by atoms with E-state index in [1.165, 1.54) is 0 Å². The second kappa shape index (κ2) is 14.6. The maximum atomic E-state index is 15.4. The zero-order valence-electron chi connectivity index (χ0n) is 26.8. The van der Waals surface area contributed by atoms with Crippen LogP contribution in [0.1, 0.15) is 21.1 Å². The molecule has 3 aromatic heterocycles. The van der Waals surface area contributed by atoms with E-state index < -0.39 is 5.82 Å². The molecule has 15 heteroatoms. The number of carbonyl (C=O) groups is 2. The molecule has 2 aliphatic heterocycles. The molecule has 2 saturated heterocycles. The molecule has 0 aliphatic carbocycles. The minimum absolute atomic E-state index is 0.0830. The molecule has 0 radical (unpaired) electrons. The van der Waals surface area contributed by atoms with Crippen molar-refractivity contribution in [2.45, 2.75) is 0 Å². The molecule has 2 aromatic carbocycles. The van der Waals surface area contributed by atoms with Gasteiger partial charge >= 0.3 is 0 Å². The molecule has 2 amide bonds. The summed E-state index contributed by atoms with van der Waals surface area (Å²) < 4.78 is 37.8. The highest BCUT2D eigenvalue weighted by Gasteiger charge is 2.23. The van der Waals surface area contributed by atoms with Crippen LogP contribution in [0, 0.1) is 5.82 Å². The van der Waals surface area contributed by atoms with Crippen LogP contribution in [0.5, 0.6) is 0 Å². The third kappa shape index (κ3) is 7.49. The normalized spacial score (nSPS) is 15.9. The zero-order chi connectivity index (χ0) is 33.7. The maximum absolute atomic E-state index is 15.4. The van der Waals surface area contributed by atoms with E-state index in [9.17, 15) is 9.59 Å². The number of ether oxygens (including phenoxy) is 2. The number of nitrogens with zero attached hydrogens (tertiary/aromatic N) is 5. The van der Waals surface area contributed by atoms with Gasteiger partial charge in [-0.3, -0.25) is 24.3 Å². The van der Waals surface area contributed by atoms with Gasteiger partial charge in [0.05, 0.1) is 32.6 Å². The summed E-state index contributed by atoms with van der Waals surface area (Å²) in [6.45, 7) is 8.44. The Kier molecular flexibility index (Phi) is 9.65. The SMILES string of the molecule is Nc1ncc(F)c(N(c2ccc3oc(C(=O)NCCN4CCOCC4)cc3c2)c2ccc3oc(C(=O)NCCN4CCOCC4)cc3c2)n1. The van der Waals surface area contributed by atoms with Gasteiger partial charge in [-0.1, -0.05) is 0 Å². The molecular formula is C34H37FN8O6. The van der Waals surface area contributed by atoms with Gasteiger partial charge in [-0.05, 0) is 48.5 Å². The van der Waals surface area contributed by atoms with E-state index in [1.54, 1.807) is 53.4 Å². The Hall–Kier alpha value is -5.09. The Morgan fingerprint density at radius 3 is 1.76 bits per heavy atom. The van der Waals surface area contributed by atoms with Crippen LogP contribution in [0.15, 0.2) is 63.6 Å². The number of morpholine rings is 2.